The van der Waals surface area contributed by atoms with Crippen molar-refractivity contribution in [3.8, 4) is 0 Å². The number of anilines is 1. The van der Waals surface area contributed by atoms with Crippen molar-refractivity contribution < 1.29 is 8.42 Å². The molecule has 0 aliphatic carbocycles. The molecule has 0 fully saturated rings. The van der Waals surface area contributed by atoms with E-state index >= 15 is 0 Å². The van der Waals surface area contributed by atoms with Gasteiger partial charge < -0.3 is 0 Å². The highest BCUT2D eigenvalue weighted by Crippen LogP contribution is 2.42. The third-order valence-electron chi connectivity index (χ3n) is 3.92. The van der Waals surface area contributed by atoms with Crippen molar-refractivity contribution in [2.24, 2.45) is 0 Å². The minimum Gasteiger partial charge on any atom is -0.261 e. The molecular weight excluding hydrogens is 362 g/mol. The van der Waals surface area contributed by atoms with E-state index in [2.05, 4.69) is 15.9 Å². The Morgan fingerprint density at radius 1 is 0.909 bits per heavy atom. The third kappa shape index (κ3) is 1.96. The molecule has 0 radical (unpaired) electrons. The molecule has 0 saturated carbocycles. The van der Waals surface area contributed by atoms with E-state index in [1.54, 1.807) is 12.1 Å². The van der Waals surface area contributed by atoms with Gasteiger partial charge in [-0.05, 0) is 35.2 Å². The van der Waals surface area contributed by atoms with Gasteiger partial charge in [0.2, 0.25) is 0 Å². The fourth-order valence-corrected chi connectivity index (χ4v) is 4.85. The molecular formula is C17H12BrNO2S. The first-order chi connectivity index (χ1) is 10.6. The summed E-state index contributed by atoms with van der Waals surface area (Å²) in [6.45, 7) is 0.337. The lowest BCUT2D eigenvalue weighted by atomic mass is 10.1. The average Bonchev–Trinajstić information content (AvgIpc) is 2.73. The van der Waals surface area contributed by atoms with Gasteiger partial charge in [0.15, 0.2) is 0 Å². The number of halogens is 1. The van der Waals surface area contributed by atoms with Crippen LogP contribution in [-0.4, -0.2) is 8.42 Å². The molecule has 0 unspecified atom stereocenters. The van der Waals surface area contributed by atoms with Gasteiger partial charge >= 0.3 is 0 Å². The minimum atomic E-state index is -3.49. The maximum atomic E-state index is 12.9. The summed E-state index contributed by atoms with van der Waals surface area (Å²) in [5.74, 6) is 0. The molecule has 0 aromatic heterocycles. The molecule has 3 nitrogen and oxygen atoms in total. The van der Waals surface area contributed by atoms with E-state index in [1.807, 2.05) is 48.5 Å². The molecule has 4 rings (SSSR count). The van der Waals surface area contributed by atoms with E-state index in [9.17, 15) is 8.42 Å². The van der Waals surface area contributed by atoms with Crippen LogP contribution in [0.2, 0.25) is 0 Å². The quantitative estimate of drug-likeness (QED) is 0.670. The Balaban J connectivity index is 1.88. The SMILES string of the molecule is O=S1(=O)c2cccc3cccc(c23)N1Cc1ccc(Br)cc1. The van der Waals surface area contributed by atoms with Crippen molar-refractivity contribution in [1.82, 2.24) is 0 Å². The summed E-state index contributed by atoms with van der Waals surface area (Å²) in [6, 6.07) is 18.8. The van der Waals surface area contributed by atoms with Gasteiger partial charge in [0.05, 0.1) is 17.1 Å². The lowest BCUT2D eigenvalue weighted by molar-refractivity contribution is 0.593. The summed E-state index contributed by atoms with van der Waals surface area (Å²) in [5.41, 5.74) is 1.72. The first kappa shape index (κ1) is 13.8. The number of hydrogen-bond donors (Lipinski definition) is 0. The van der Waals surface area contributed by atoms with E-state index in [4.69, 9.17) is 0 Å². The lowest BCUT2D eigenvalue weighted by Gasteiger charge is -2.19. The summed E-state index contributed by atoms with van der Waals surface area (Å²) >= 11 is 3.40. The zero-order valence-electron chi connectivity index (χ0n) is 11.5. The van der Waals surface area contributed by atoms with Crippen LogP contribution in [0.25, 0.3) is 10.8 Å². The molecule has 1 aliphatic rings. The molecule has 3 aromatic rings. The van der Waals surface area contributed by atoms with E-state index in [0.29, 0.717) is 11.4 Å². The number of nitrogens with zero attached hydrogens (tertiary/aromatic N) is 1. The second-order valence-corrected chi connectivity index (χ2v) is 8.02. The molecule has 22 heavy (non-hydrogen) atoms. The molecule has 0 amide bonds. The van der Waals surface area contributed by atoms with E-state index < -0.39 is 10.0 Å². The molecule has 3 aromatic carbocycles. The summed E-state index contributed by atoms with van der Waals surface area (Å²) in [4.78, 5) is 0.401. The Labute approximate surface area is 137 Å². The number of rotatable bonds is 2. The second kappa shape index (κ2) is 4.83. The third-order valence-corrected chi connectivity index (χ3v) is 6.25. The van der Waals surface area contributed by atoms with Gasteiger partial charge in [-0.25, -0.2) is 8.42 Å². The van der Waals surface area contributed by atoms with Crippen molar-refractivity contribution >= 4 is 42.4 Å². The fourth-order valence-electron chi connectivity index (χ4n) is 2.88. The van der Waals surface area contributed by atoms with Crippen molar-refractivity contribution in [1.29, 1.82) is 0 Å². The highest BCUT2D eigenvalue weighted by Gasteiger charge is 2.35. The predicted molar refractivity (Wildman–Crippen MR) is 91.5 cm³/mol. The Hall–Kier alpha value is -1.85. The van der Waals surface area contributed by atoms with Gasteiger partial charge in [-0.2, -0.15) is 0 Å². The summed E-state index contributed by atoms with van der Waals surface area (Å²) in [6.07, 6.45) is 0. The molecule has 0 bridgehead atoms. The van der Waals surface area contributed by atoms with Crippen LogP contribution in [0, 0.1) is 0 Å². The Morgan fingerprint density at radius 3 is 2.32 bits per heavy atom. The van der Waals surface area contributed by atoms with Gasteiger partial charge in [0, 0.05) is 9.86 Å². The van der Waals surface area contributed by atoms with E-state index in [1.165, 1.54) is 4.31 Å². The average molecular weight is 374 g/mol. The van der Waals surface area contributed by atoms with Crippen LogP contribution in [0.15, 0.2) is 70.0 Å². The topological polar surface area (TPSA) is 37.4 Å². The molecule has 0 N–H and O–H groups in total. The smallest absolute Gasteiger partial charge is 0.261 e. The van der Waals surface area contributed by atoms with Crippen molar-refractivity contribution in [2.75, 3.05) is 4.31 Å². The Bertz CT molecular complexity index is 976. The van der Waals surface area contributed by atoms with Gasteiger partial charge in [-0.1, -0.05) is 52.3 Å². The summed E-state index contributed by atoms with van der Waals surface area (Å²) < 4.78 is 28.2. The van der Waals surface area contributed by atoms with Gasteiger partial charge in [0.1, 0.15) is 0 Å². The molecule has 5 heteroatoms. The van der Waals surface area contributed by atoms with Gasteiger partial charge in [-0.3, -0.25) is 4.31 Å². The van der Waals surface area contributed by atoms with Crippen molar-refractivity contribution in [3.63, 3.8) is 0 Å². The fraction of sp³-hybridized carbons (Fsp3) is 0.0588. The number of hydrogen-bond acceptors (Lipinski definition) is 2. The highest BCUT2D eigenvalue weighted by molar-refractivity contribution is 9.10. The van der Waals surface area contributed by atoms with Crippen molar-refractivity contribution in [3.05, 3.63) is 70.7 Å². The van der Waals surface area contributed by atoms with Crippen LogP contribution in [0.3, 0.4) is 0 Å². The largest absolute Gasteiger partial charge is 0.265 e. The first-order valence-electron chi connectivity index (χ1n) is 6.86. The standard InChI is InChI=1S/C17H12BrNO2S/c18-14-9-7-12(8-10-14)11-19-15-5-1-3-13-4-2-6-16(17(13)15)22(19,20)21/h1-10H,11H2. The van der Waals surface area contributed by atoms with Gasteiger partial charge in [0.25, 0.3) is 10.0 Å². The molecule has 0 atom stereocenters. The highest BCUT2D eigenvalue weighted by atomic mass is 79.9. The van der Waals surface area contributed by atoms with Crippen LogP contribution < -0.4 is 4.31 Å². The Kier molecular flexibility index (Phi) is 3.03. The van der Waals surface area contributed by atoms with Crippen molar-refractivity contribution in [2.45, 2.75) is 11.4 Å². The molecule has 1 aliphatic heterocycles. The van der Waals surface area contributed by atoms with Crippen LogP contribution in [0.5, 0.6) is 0 Å². The summed E-state index contributed by atoms with van der Waals surface area (Å²) in [5, 5.41) is 1.78. The normalized spacial score (nSPS) is 15.4. The monoisotopic (exact) mass is 373 g/mol. The number of benzene rings is 3. The van der Waals surface area contributed by atoms with E-state index in [-0.39, 0.29) is 0 Å². The lowest BCUT2D eigenvalue weighted by Crippen LogP contribution is -2.26. The predicted octanol–water partition coefficient (Wildman–Crippen LogP) is 4.31. The maximum absolute atomic E-state index is 12.9. The molecule has 1 heterocycles. The minimum absolute atomic E-state index is 0.337. The zero-order chi connectivity index (χ0) is 15.3. The maximum Gasteiger partial charge on any atom is 0.265 e. The molecule has 0 saturated heterocycles. The van der Waals surface area contributed by atoms with Crippen LogP contribution >= 0.6 is 15.9 Å². The van der Waals surface area contributed by atoms with Crippen LogP contribution in [-0.2, 0) is 16.6 Å². The van der Waals surface area contributed by atoms with E-state index in [0.717, 1.165) is 26.5 Å². The molecule has 110 valence electrons. The zero-order valence-corrected chi connectivity index (χ0v) is 13.9. The number of sulfonamides is 1. The first-order valence-corrected chi connectivity index (χ1v) is 9.09. The Morgan fingerprint density at radius 2 is 1.59 bits per heavy atom. The van der Waals surface area contributed by atoms with Crippen LogP contribution in [0.4, 0.5) is 5.69 Å². The second-order valence-electron chi connectivity index (χ2n) is 5.27. The van der Waals surface area contributed by atoms with Gasteiger partial charge in [-0.15, -0.1) is 0 Å². The van der Waals surface area contributed by atoms with Crippen LogP contribution in [0.1, 0.15) is 5.56 Å². The molecule has 0 spiro atoms. The summed E-state index contributed by atoms with van der Waals surface area (Å²) in [7, 11) is -3.49.